The molecule has 0 radical (unpaired) electrons. The van der Waals surface area contributed by atoms with Crippen LogP contribution in [0.2, 0.25) is 0 Å². The molecule has 3 aromatic carbocycles. The number of nitrogens with zero attached hydrogens (tertiary/aromatic N) is 2. The molecule has 1 aromatic heterocycles. The van der Waals surface area contributed by atoms with Gasteiger partial charge in [0, 0.05) is 18.0 Å². The van der Waals surface area contributed by atoms with E-state index in [2.05, 4.69) is 21.1 Å². The minimum absolute atomic E-state index is 0.0763. The first-order chi connectivity index (χ1) is 26.0. The lowest BCUT2D eigenvalue weighted by Crippen LogP contribution is -2.56. The van der Waals surface area contributed by atoms with Gasteiger partial charge in [-0.1, -0.05) is 66.7 Å². The zero-order valence-electron chi connectivity index (χ0n) is 29.1. The maximum absolute atomic E-state index is 14.4. The van der Waals surface area contributed by atoms with Crippen molar-refractivity contribution in [3.05, 3.63) is 102 Å². The van der Waals surface area contributed by atoms with Gasteiger partial charge in [0.05, 0.1) is 28.9 Å². The third kappa shape index (κ3) is 8.52. The number of aromatic nitrogens is 1. The summed E-state index contributed by atoms with van der Waals surface area (Å²) in [7, 11) is 0. The second-order valence-electron chi connectivity index (χ2n) is 13.9. The van der Waals surface area contributed by atoms with Gasteiger partial charge in [0.2, 0.25) is 11.8 Å². The fourth-order valence-electron chi connectivity index (χ4n) is 7.04. The van der Waals surface area contributed by atoms with Crippen LogP contribution in [-0.2, 0) is 32.0 Å². The summed E-state index contributed by atoms with van der Waals surface area (Å²) >= 11 is 1.17. The molecule has 7 rings (SSSR count). The molecular formula is C39H39F4N5O5S. The van der Waals surface area contributed by atoms with Crippen molar-refractivity contribution in [1.82, 2.24) is 20.7 Å². The Morgan fingerprint density at radius 3 is 2.61 bits per heavy atom. The zero-order valence-corrected chi connectivity index (χ0v) is 29.9. The Morgan fingerprint density at radius 2 is 1.83 bits per heavy atom. The molecule has 2 aliphatic heterocycles. The highest BCUT2D eigenvalue weighted by Gasteiger charge is 2.61. The average Bonchev–Trinajstić information content (AvgIpc) is 3.44. The van der Waals surface area contributed by atoms with Gasteiger partial charge < -0.3 is 20.3 Å². The summed E-state index contributed by atoms with van der Waals surface area (Å²) in [6, 6.07) is 16.4. The van der Waals surface area contributed by atoms with Crippen LogP contribution in [0.1, 0.15) is 56.1 Å². The molecule has 1 saturated heterocycles. The number of allylic oxidation sites excluding steroid dienone is 1. The number of carbonyl (C=O) groups is 3. The van der Waals surface area contributed by atoms with Crippen LogP contribution in [0.15, 0.2) is 84.9 Å². The first-order valence-electron chi connectivity index (χ1n) is 17.9. The van der Waals surface area contributed by atoms with Crippen LogP contribution in [0.4, 0.5) is 23.2 Å². The standard InChI is InChI=1S/C39H39F4N5O5S/c40-27-17-18-30-33(19-27)54-37(45-30)53-29-20-32-34(49)46-38(36(51)47-52-23-24-13-15-25(16-14-24)39(41,42)43)21-26(38)9-5-2-1-3-8-12-31(35(50)48(32)22-29)44-28-10-6-4-7-11-28/h4-7,9-11,13-19,26,29,31-32,44H,1-3,8,12,20-23H2,(H,46,49)(H,47,51)/b9-5-/t26-,29+,31-,32-,38+/m0/s1. The van der Waals surface area contributed by atoms with Crippen molar-refractivity contribution in [1.29, 1.82) is 0 Å². The SMILES string of the molecule is O=C1N[C@]2(C(=O)NOCc3ccc(C(F)(F)F)cc3)C[C@@H]2/C=C\CCCCC[C@H](Nc2ccccc2)C(=O)N2C[C@H](Oc3nc4ccc(F)cc4s3)C[C@@H]12. The minimum atomic E-state index is -4.48. The highest BCUT2D eigenvalue weighted by Crippen LogP contribution is 2.46. The van der Waals surface area contributed by atoms with Crippen LogP contribution in [0.25, 0.3) is 10.2 Å². The zero-order chi connectivity index (χ0) is 37.9. The normalized spacial score (nSPS) is 25.4. The van der Waals surface area contributed by atoms with Gasteiger partial charge in [-0.3, -0.25) is 19.2 Å². The van der Waals surface area contributed by atoms with Gasteiger partial charge in [-0.25, -0.2) is 14.9 Å². The Bertz CT molecular complexity index is 2010. The molecular weight excluding hydrogens is 727 g/mol. The lowest BCUT2D eigenvalue weighted by molar-refractivity contribution is -0.143. The van der Waals surface area contributed by atoms with Crippen molar-refractivity contribution in [3.8, 4) is 5.19 Å². The van der Waals surface area contributed by atoms with Crippen LogP contribution in [-0.4, -0.2) is 57.9 Å². The Labute approximate surface area is 312 Å². The Morgan fingerprint density at radius 1 is 1.04 bits per heavy atom. The Balaban J connectivity index is 1.11. The van der Waals surface area contributed by atoms with Gasteiger partial charge in [-0.15, -0.1) is 0 Å². The van der Waals surface area contributed by atoms with Gasteiger partial charge in [0.25, 0.3) is 11.1 Å². The summed E-state index contributed by atoms with van der Waals surface area (Å²) < 4.78 is 59.7. The largest absolute Gasteiger partial charge is 0.465 e. The highest BCUT2D eigenvalue weighted by molar-refractivity contribution is 7.20. The smallest absolute Gasteiger partial charge is 0.416 e. The number of rotatable bonds is 8. The summed E-state index contributed by atoms with van der Waals surface area (Å²) in [5.41, 5.74) is 1.95. The summed E-state index contributed by atoms with van der Waals surface area (Å²) in [6.07, 6.45) is 2.98. The number of halogens is 4. The molecule has 0 unspecified atom stereocenters. The van der Waals surface area contributed by atoms with E-state index in [1.165, 1.54) is 40.5 Å². The van der Waals surface area contributed by atoms with Gasteiger partial charge in [0.1, 0.15) is 29.5 Å². The van der Waals surface area contributed by atoms with Crippen molar-refractivity contribution in [2.24, 2.45) is 5.92 Å². The lowest BCUT2D eigenvalue weighted by atomic mass is 10.0. The number of nitrogens with one attached hydrogen (secondary N) is 3. The van der Waals surface area contributed by atoms with E-state index in [1.807, 2.05) is 42.5 Å². The van der Waals surface area contributed by atoms with E-state index in [-0.39, 0.29) is 43.0 Å². The fraction of sp³-hybridized carbons (Fsp3) is 0.385. The van der Waals surface area contributed by atoms with E-state index in [1.54, 1.807) is 6.07 Å². The van der Waals surface area contributed by atoms with Gasteiger partial charge in [0.15, 0.2) is 0 Å². The molecule has 1 saturated carbocycles. The second-order valence-corrected chi connectivity index (χ2v) is 14.9. The number of fused-ring (bicyclic) bond motifs is 3. The van der Waals surface area contributed by atoms with Crippen LogP contribution in [0, 0.1) is 11.7 Å². The second kappa shape index (κ2) is 15.8. The predicted molar refractivity (Wildman–Crippen MR) is 194 cm³/mol. The molecule has 3 N–H and O–H groups in total. The average molecular weight is 766 g/mol. The minimum Gasteiger partial charge on any atom is -0.465 e. The molecule has 0 bridgehead atoms. The molecule has 1 aliphatic carbocycles. The summed E-state index contributed by atoms with van der Waals surface area (Å²) in [6.45, 7) is -0.126. The number of alkyl halides is 3. The number of carbonyl (C=O) groups excluding carboxylic acids is 3. The van der Waals surface area contributed by atoms with Crippen LogP contribution >= 0.6 is 11.3 Å². The Hall–Kier alpha value is -5.02. The molecule has 10 nitrogen and oxygen atoms in total. The number of thiazole rings is 1. The molecule has 2 fully saturated rings. The lowest BCUT2D eigenvalue weighted by Gasteiger charge is -2.30. The third-order valence-electron chi connectivity index (χ3n) is 10.0. The number of amides is 3. The van der Waals surface area contributed by atoms with Crippen LogP contribution < -0.4 is 20.9 Å². The summed E-state index contributed by atoms with van der Waals surface area (Å²) in [5.74, 6) is -2.19. The van der Waals surface area contributed by atoms with Crippen molar-refractivity contribution in [2.45, 2.75) is 81.5 Å². The number of ether oxygens (including phenoxy) is 1. The molecule has 3 amide bonds. The summed E-state index contributed by atoms with van der Waals surface area (Å²) in [4.78, 5) is 53.9. The van der Waals surface area contributed by atoms with Gasteiger partial charge in [-0.2, -0.15) is 13.2 Å². The highest BCUT2D eigenvalue weighted by atomic mass is 32.1. The molecule has 4 aromatic rings. The quantitative estimate of drug-likeness (QED) is 0.101. The molecule has 54 heavy (non-hydrogen) atoms. The van der Waals surface area contributed by atoms with E-state index in [4.69, 9.17) is 9.57 Å². The number of hydroxylamine groups is 1. The fourth-order valence-corrected chi connectivity index (χ4v) is 7.94. The van der Waals surface area contributed by atoms with Crippen molar-refractivity contribution >= 4 is 45.0 Å². The summed E-state index contributed by atoms with van der Waals surface area (Å²) in [5, 5.41) is 6.60. The monoisotopic (exact) mass is 765 g/mol. The first-order valence-corrected chi connectivity index (χ1v) is 18.7. The van der Waals surface area contributed by atoms with Crippen molar-refractivity contribution < 1.29 is 41.5 Å². The van der Waals surface area contributed by atoms with E-state index < -0.39 is 53.1 Å². The Kier molecular flexibility index (Phi) is 10.9. The molecule has 5 atom stereocenters. The van der Waals surface area contributed by atoms with E-state index in [9.17, 15) is 31.9 Å². The molecule has 3 aliphatic rings. The molecule has 0 spiro atoms. The topological polar surface area (TPSA) is 122 Å². The van der Waals surface area contributed by atoms with E-state index in [0.717, 1.165) is 43.5 Å². The van der Waals surface area contributed by atoms with E-state index >= 15 is 0 Å². The number of para-hydroxylation sites is 1. The number of hydrogen-bond donors (Lipinski definition) is 3. The van der Waals surface area contributed by atoms with Gasteiger partial charge in [-0.05, 0) is 73.7 Å². The predicted octanol–water partition coefficient (Wildman–Crippen LogP) is 6.93. The van der Waals surface area contributed by atoms with Crippen molar-refractivity contribution in [3.63, 3.8) is 0 Å². The number of anilines is 1. The van der Waals surface area contributed by atoms with Crippen molar-refractivity contribution in [2.75, 3.05) is 11.9 Å². The number of hydrogen-bond acceptors (Lipinski definition) is 8. The molecule has 3 heterocycles. The third-order valence-corrected chi connectivity index (χ3v) is 11.0. The number of benzene rings is 3. The maximum atomic E-state index is 14.4. The van der Waals surface area contributed by atoms with Crippen LogP contribution in [0.5, 0.6) is 5.19 Å². The van der Waals surface area contributed by atoms with Gasteiger partial charge >= 0.3 is 6.18 Å². The molecule has 15 heteroatoms. The first kappa shape index (κ1) is 37.3. The van der Waals surface area contributed by atoms with Crippen LogP contribution in [0.3, 0.4) is 0 Å². The molecule has 284 valence electrons. The van der Waals surface area contributed by atoms with E-state index in [0.29, 0.717) is 22.2 Å². The maximum Gasteiger partial charge on any atom is 0.416 e.